The van der Waals surface area contributed by atoms with Crippen molar-refractivity contribution in [3.05, 3.63) is 33.8 Å². The molecule has 3 nitrogen and oxygen atoms in total. The zero-order valence-electron chi connectivity index (χ0n) is 11.2. The number of benzene rings is 1. The molecule has 1 aromatic carbocycles. The molecular formula is C14H19Cl2NO2. The molecule has 0 saturated heterocycles. The zero-order valence-corrected chi connectivity index (χ0v) is 12.7. The summed E-state index contributed by atoms with van der Waals surface area (Å²) in [6.45, 7) is 4.28. The molecule has 0 aliphatic rings. The second kappa shape index (κ2) is 7.13. The molecule has 0 unspecified atom stereocenters. The number of carbonyl (C=O) groups is 1. The van der Waals surface area contributed by atoms with Gasteiger partial charge in [-0.2, -0.15) is 0 Å². The first-order chi connectivity index (χ1) is 8.84. The Bertz CT molecular complexity index is 447. The number of aliphatic hydroxyl groups excluding tert-OH is 1. The van der Waals surface area contributed by atoms with Crippen LogP contribution in [0.2, 0.25) is 10.0 Å². The van der Waals surface area contributed by atoms with E-state index < -0.39 is 0 Å². The number of aryl methyl sites for hydroxylation is 1. The van der Waals surface area contributed by atoms with Crippen molar-refractivity contribution in [1.29, 1.82) is 0 Å². The average Bonchev–Trinajstić information content (AvgIpc) is 2.35. The summed E-state index contributed by atoms with van der Waals surface area (Å²) in [6, 6.07) is 5.26. The fraction of sp³-hybridized carbons (Fsp3) is 0.500. The molecular weight excluding hydrogens is 285 g/mol. The van der Waals surface area contributed by atoms with Crippen LogP contribution in [0.25, 0.3) is 0 Å². The average molecular weight is 304 g/mol. The van der Waals surface area contributed by atoms with E-state index in [0.29, 0.717) is 29.4 Å². The standard InChI is InChI=1S/C14H19Cl2NO2/c1-14(2,9-18)8-17-13(19)6-4-10-3-5-11(15)7-12(10)16/h3,5,7,18H,4,6,8-9H2,1-2H3,(H,17,19). The monoisotopic (exact) mass is 303 g/mol. The summed E-state index contributed by atoms with van der Waals surface area (Å²) >= 11 is 11.8. The summed E-state index contributed by atoms with van der Waals surface area (Å²) in [5.74, 6) is -0.0486. The molecule has 0 aliphatic heterocycles. The van der Waals surface area contributed by atoms with Crippen LogP contribution in [0.3, 0.4) is 0 Å². The summed E-state index contributed by atoms with van der Waals surface area (Å²) in [4.78, 5) is 11.7. The van der Waals surface area contributed by atoms with E-state index in [4.69, 9.17) is 28.3 Å². The van der Waals surface area contributed by atoms with Crippen molar-refractivity contribution in [2.45, 2.75) is 26.7 Å². The molecule has 0 aliphatic carbocycles. The van der Waals surface area contributed by atoms with Gasteiger partial charge in [-0.25, -0.2) is 0 Å². The molecule has 0 heterocycles. The third-order valence-corrected chi connectivity index (χ3v) is 3.42. The maximum atomic E-state index is 11.7. The molecule has 0 spiro atoms. The Morgan fingerprint density at radius 2 is 2.05 bits per heavy atom. The summed E-state index contributed by atoms with van der Waals surface area (Å²) in [6.07, 6.45) is 0.935. The van der Waals surface area contributed by atoms with Crippen molar-refractivity contribution in [3.63, 3.8) is 0 Å². The predicted molar refractivity (Wildman–Crippen MR) is 78.7 cm³/mol. The number of amides is 1. The number of carbonyl (C=O) groups excluding carboxylic acids is 1. The third kappa shape index (κ3) is 5.81. The van der Waals surface area contributed by atoms with Gasteiger partial charge in [0.15, 0.2) is 0 Å². The van der Waals surface area contributed by atoms with Gasteiger partial charge < -0.3 is 10.4 Å². The molecule has 0 aromatic heterocycles. The van der Waals surface area contributed by atoms with Crippen molar-refractivity contribution < 1.29 is 9.90 Å². The number of aliphatic hydroxyl groups is 1. The van der Waals surface area contributed by atoms with E-state index >= 15 is 0 Å². The van der Waals surface area contributed by atoms with Crippen LogP contribution in [-0.4, -0.2) is 24.2 Å². The Balaban J connectivity index is 2.42. The Morgan fingerprint density at radius 1 is 1.37 bits per heavy atom. The van der Waals surface area contributed by atoms with Gasteiger partial charge in [0.2, 0.25) is 5.91 Å². The predicted octanol–water partition coefficient (Wildman–Crippen LogP) is 3.06. The van der Waals surface area contributed by atoms with Crippen LogP contribution >= 0.6 is 23.2 Å². The zero-order chi connectivity index (χ0) is 14.5. The number of halogens is 2. The van der Waals surface area contributed by atoms with Crippen molar-refractivity contribution in [1.82, 2.24) is 5.32 Å². The molecule has 0 atom stereocenters. The van der Waals surface area contributed by atoms with Crippen LogP contribution < -0.4 is 5.32 Å². The molecule has 2 N–H and O–H groups in total. The van der Waals surface area contributed by atoms with Crippen molar-refractivity contribution in [2.75, 3.05) is 13.2 Å². The second-order valence-electron chi connectivity index (χ2n) is 5.33. The highest BCUT2D eigenvalue weighted by Crippen LogP contribution is 2.22. The van der Waals surface area contributed by atoms with E-state index in [1.807, 2.05) is 19.9 Å². The van der Waals surface area contributed by atoms with E-state index in [0.717, 1.165) is 5.56 Å². The molecule has 1 aromatic rings. The fourth-order valence-electron chi connectivity index (χ4n) is 1.45. The van der Waals surface area contributed by atoms with Crippen molar-refractivity contribution in [3.8, 4) is 0 Å². The molecule has 19 heavy (non-hydrogen) atoms. The van der Waals surface area contributed by atoms with Crippen LogP contribution in [0.4, 0.5) is 0 Å². The SMILES string of the molecule is CC(C)(CO)CNC(=O)CCc1ccc(Cl)cc1Cl. The van der Waals surface area contributed by atoms with Gasteiger partial charge in [0.25, 0.3) is 0 Å². The van der Waals surface area contributed by atoms with Gasteiger partial charge in [0.05, 0.1) is 0 Å². The summed E-state index contributed by atoms with van der Waals surface area (Å²) in [7, 11) is 0. The maximum Gasteiger partial charge on any atom is 0.220 e. The minimum atomic E-state index is -0.298. The highest BCUT2D eigenvalue weighted by molar-refractivity contribution is 6.35. The van der Waals surface area contributed by atoms with Gasteiger partial charge in [0, 0.05) is 35.0 Å². The summed E-state index contributed by atoms with van der Waals surface area (Å²) in [5.41, 5.74) is 0.607. The highest BCUT2D eigenvalue weighted by Gasteiger charge is 2.17. The Morgan fingerprint density at radius 3 is 2.63 bits per heavy atom. The number of hydrogen-bond acceptors (Lipinski definition) is 2. The van der Waals surface area contributed by atoms with Crippen molar-refractivity contribution in [2.24, 2.45) is 5.41 Å². The minimum Gasteiger partial charge on any atom is -0.396 e. The number of rotatable bonds is 6. The Labute approximate surface area is 123 Å². The molecule has 106 valence electrons. The van der Waals surface area contributed by atoms with E-state index in [1.54, 1.807) is 12.1 Å². The van der Waals surface area contributed by atoms with Crippen LogP contribution in [0, 0.1) is 5.41 Å². The maximum absolute atomic E-state index is 11.7. The van der Waals surface area contributed by atoms with E-state index in [9.17, 15) is 4.79 Å². The highest BCUT2D eigenvalue weighted by atomic mass is 35.5. The Kier molecular flexibility index (Phi) is 6.11. The largest absolute Gasteiger partial charge is 0.396 e. The molecule has 1 amide bonds. The lowest BCUT2D eigenvalue weighted by Crippen LogP contribution is -2.36. The van der Waals surface area contributed by atoms with Gasteiger partial charge in [-0.05, 0) is 24.1 Å². The molecule has 0 fully saturated rings. The van der Waals surface area contributed by atoms with Crippen molar-refractivity contribution >= 4 is 29.1 Å². The quantitative estimate of drug-likeness (QED) is 0.848. The van der Waals surface area contributed by atoms with Gasteiger partial charge in [-0.1, -0.05) is 43.1 Å². The number of hydrogen-bond donors (Lipinski definition) is 2. The van der Waals surface area contributed by atoms with Gasteiger partial charge in [0.1, 0.15) is 0 Å². The molecule has 1 rings (SSSR count). The van der Waals surface area contributed by atoms with Crippen LogP contribution in [0.5, 0.6) is 0 Å². The third-order valence-electron chi connectivity index (χ3n) is 2.83. The number of nitrogens with one attached hydrogen (secondary N) is 1. The first-order valence-electron chi connectivity index (χ1n) is 6.15. The molecule has 0 bridgehead atoms. The van der Waals surface area contributed by atoms with E-state index in [-0.39, 0.29) is 17.9 Å². The summed E-state index contributed by atoms with van der Waals surface area (Å²) < 4.78 is 0. The lowest BCUT2D eigenvalue weighted by molar-refractivity contribution is -0.121. The fourth-order valence-corrected chi connectivity index (χ4v) is 1.96. The van der Waals surface area contributed by atoms with Gasteiger partial charge in [-0.3, -0.25) is 4.79 Å². The second-order valence-corrected chi connectivity index (χ2v) is 6.18. The lowest BCUT2D eigenvalue weighted by Gasteiger charge is -2.21. The normalized spacial score (nSPS) is 11.4. The molecule has 0 saturated carbocycles. The van der Waals surface area contributed by atoms with Gasteiger partial charge >= 0.3 is 0 Å². The van der Waals surface area contributed by atoms with Gasteiger partial charge in [-0.15, -0.1) is 0 Å². The first kappa shape index (κ1) is 16.3. The van der Waals surface area contributed by atoms with E-state index in [1.165, 1.54) is 0 Å². The molecule has 5 heteroatoms. The first-order valence-corrected chi connectivity index (χ1v) is 6.91. The topological polar surface area (TPSA) is 49.3 Å². The smallest absolute Gasteiger partial charge is 0.220 e. The minimum absolute atomic E-state index is 0.0380. The molecule has 0 radical (unpaired) electrons. The van der Waals surface area contributed by atoms with Crippen LogP contribution in [0.1, 0.15) is 25.8 Å². The Hall–Kier alpha value is -0.770. The van der Waals surface area contributed by atoms with Crippen LogP contribution in [-0.2, 0) is 11.2 Å². The lowest BCUT2D eigenvalue weighted by atomic mass is 9.95. The van der Waals surface area contributed by atoms with E-state index in [2.05, 4.69) is 5.32 Å². The van der Waals surface area contributed by atoms with Crippen LogP contribution in [0.15, 0.2) is 18.2 Å². The summed E-state index contributed by atoms with van der Waals surface area (Å²) in [5, 5.41) is 13.1.